The highest BCUT2D eigenvalue weighted by Gasteiger charge is 2.13. The fraction of sp³-hybridized carbons (Fsp3) is 0. The highest BCUT2D eigenvalue weighted by Crippen LogP contribution is 2.28. The standard InChI is InChI=1S/C20H13BrN2O3/c21-14-6-7-17(24)13(9-14)11-22-23-20(25)19-10-16-15-4-2-1-3-12(15)5-8-18(16)26-19/h1-11,24H,(H,23,25). The predicted molar refractivity (Wildman–Crippen MR) is 105 cm³/mol. The number of carbonyl (C=O) groups is 1. The number of carbonyl (C=O) groups excluding carboxylic acids is 1. The molecule has 0 bridgehead atoms. The van der Waals surface area contributed by atoms with Crippen LogP contribution in [-0.2, 0) is 0 Å². The van der Waals surface area contributed by atoms with Crippen LogP contribution in [0.4, 0.5) is 0 Å². The molecule has 0 fully saturated rings. The van der Waals surface area contributed by atoms with Gasteiger partial charge in [-0.25, -0.2) is 5.43 Å². The number of phenols is 1. The summed E-state index contributed by atoms with van der Waals surface area (Å²) >= 11 is 3.32. The van der Waals surface area contributed by atoms with E-state index in [0.29, 0.717) is 11.1 Å². The fourth-order valence-electron chi connectivity index (χ4n) is 2.75. The third-order valence-electron chi connectivity index (χ3n) is 4.01. The van der Waals surface area contributed by atoms with Crippen LogP contribution < -0.4 is 5.43 Å². The van der Waals surface area contributed by atoms with Crippen LogP contribution in [0.15, 0.2) is 74.7 Å². The number of phenolic OH excluding ortho intramolecular Hbond substituents is 1. The molecule has 128 valence electrons. The van der Waals surface area contributed by atoms with Gasteiger partial charge >= 0.3 is 5.91 Å². The van der Waals surface area contributed by atoms with Crippen LogP contribution in [0.1, 0.15) is 16.1 Å². The average Bonchev–Trinajstić information content (AvgIpc) is 3.09. The normalized spacial score (nSPS) is 11.4. The van der Waals surface area contributed by atoms with Gasteiger partial charge < -0.3 is 9.52 Å². The molecule has 1 aromatic heterocycles. The Kier molecular flexibility index (Phi) is 4.18. The Morgan fingerprint density at radius 3 is 2.81 bits per heavy atom. The molecule has 0 radical (unpaired) electrons. The van der Waals surface area contributed by atoms with E-state index in [-0.39, 0.29) is 11.5 Å². The van der Waals surface area contributed by atoms with Crippen molar-refractivity contribution in [1.82, 2.24) is 5.43 Å². The lowest BCUT2D eigenvalue weighted by Crippen LogP contribution is -2.16. The summed E-state index contributed by atoms with van der Waals surface area (Å²) in [7, 11) is 0. The van der Waals surface area contributed by atoms with E-state index in [0.717, 1.165) is 20.6 Å². The van der Waals surface area contributed by atoms with Crippen LogP contribution in [0.3, 0.4) is 0 Å². The first kappa shape index (κ1) is 16.4. The van der Waals surface area contributed by atoms with Crippen LogP contribution in [0.25, 0.3) is 21.7 Å². The molecule has 6 heteroatoms. The summed E-state index contributed by atoms with van der Waals surface area (Å²) < 4.78 is 6.44. The van der Waals surface area contributed by atoms with E-state index in [4.69, 9.17) is 4.42 Å². The number of nitrogens with one attached hydrogen (secondary N) is 1. The van der Waals surface area contributed by atoms with E-state index in [9.17, 15) is 9.90 Å². The minimum atomic E-state index is -0.462. The number of amides is 1. The maximum Gasteiger partial charge on any atom is 0.307 e. The first-order valence-electron chi connectivity index (χ1n) is 7.85. The molecule has 0 spiro atoms. The Morgan fingerprint density at radius 1 is 1.08 bits per heavy atom. The van der Waals surface area contributed by atoms with Gasteiger partial charge in [0.25, 0.3) is 0 Å². The second kappa shape index (κ2) is 6.65. The molecule has 1 heterocycles. The maximum atomic E-state index is 12.3. The Balaban J connectivity index is 1.59. The first-order chi connectivity index (χ1) is 12.6. The number of fused-ring (bicyclic) bond motifs is 3. The zero-order chi connectivity index (χ0) is 18.1. The van der Waals surface area contributed by atoms with Crippen LogP contribution in [0.5, 0.6) is 5.75 Å². The van der Waals surface area contributed by atoms with E-state index in [1.807, 2.05) is 36.4 Å². The van der Waals surface area contributed by atoms with Crippen molar-refractivity contribution < 1.29 is 14.3 Å². The van der Waals surface area contributed by atoms with Gasteiger partial charge in [0.15, 0.2) is 5.76 Å². The average molecular weight is 409 g/mol. The SMILES string of the molecule is O=C(NN=Cc1cc(Br)ccc1O)c1cc2c(ccc3ccccc32)o1. The molecule has 4 aromatic rings. The van der Waals surface area contributed by atoms with Gasteiger partial charge in [-0.05, 0) is 41.1 Å². The van der Waals surface area contributed by atoms with Gasteiger partial charge in [-0.15, -0.1) is 0 Å². The van der Waals surface area contributed by atoms with E-state index in [1.165, 1.54) is 12.3 Å². The molecule has 3 aromatic carbocycles. The second-order valence-corrected chi connectivity index (χ2v) is 6.63. The second-order valence-electron chi connectivity index (χ2n) is 5.71. The number of nitrogens with zero attached hydrogens (tertiary/aromatic N) is 1. The van der Waals surface area contributed by atoms with Gasteiger partial charge in [-0.3, -0.25) is 4.79 Å². The smallest absolute Gasteiger partial charge is 0.307 e. The number of benzene rings is 3. The van der Waals surface area contributed by atoms with Crippen molar-refractivity contribution in [1.29, 1.82) is 0 Å². The maximum absolute atomic E-state index is 12.3. The van der Waals surface area contributed by atoms with Crippen LogP contribution >= 0.6 is 15.9 Å². The highest BCUT2D eigenvalue weighted by atomic mass is 79.9. The topological polar surface area (TPSA) is 74.8 Å². The predicted octanol–water partition coefficient (Wildman–Crippen LogP) is 4.82. The molecule has 0 aliphatic carbocycles. The van der Waals surface area contributed by atoms with Crippen molar-refractivity contribution >= 4 is 49.8 Å². The lowest BCUT2D eigenvalue weighted by molar-refractivity contribution is 0.0929. The molecule has 2 N–H and O–H groups in total. The summed E-state index contributed by atoms with van der Waals surface area (Å²) in [6.07, 6.45) is 1.37. The number of rotatable bonds is 3. The molecule has 0 unspecified atom stereocenters. The molecule has 0 atom stereocenters. The largest absolute Gasteiger partial charge is 0.507 e. The van der Waals surface area contributed by atoms with Crippen LogP contribution in [0.2, 0.25) is 0 Å². The summed E-state index contributed by atoms with van der Waals surface area (Å²) in [5.41, 5.74) is 3.54. The molecule has 0 saturated carbocycles. The first-order valence-corrected chi connectivity index (χ1v) is 8.64. The van der Waals surface area contributed by atoms with Crippen LogP contribution in [-0.4, -0.2) is 17.2 Å². The van der Waals surface area contributed by atoms with Gasteiger partial charge in [0.1, 0.15) is 11.3 Å². The van der Waals surface area contributed by atoms with Crippen molar-refractivity contribution in [2.24, 2.45) is 5.10 Å². The molecule has 1 amide bonds. The molecule has 0 saturated heterocycles. The Morgan fingerprint density at radius 2 is 1.92 bits per heavy atom. The number of furan rings is 1. The van der Waals surface area contributed by atoms with Gasteiger partial charge in [0.2, 0.25) is 0 Å². The summed E-state index contributed by atoms with van der Waals surface area (Å²) in [4.78, 5) is 12.3. The minimum Gasteiger partial charge on any atom is -0.507 e. The summed E-state index contributed by atoms with van der Waals surface area (Å²) in [5.74, 6) is -0.218. The Bertz CT molecular complexity index is 1160. The van der Waals surface area contributed by atoms with Crippen molar-refractivity contribution in [2.75, 3.05) is 0 Å². The molecule has 0 aliphatic rings. The van der Waals surface area contributed by atoms with E-state index in [1.54, 1.807) is 18.2 Å². The van der Waals surface area contributed by atoms with Crippen LogP contribution in [0, 0.1) is 0 Å². The number of halogens is 1. The number of hydrogen-bond acceptors (Lipinski definition) is 4. The third-order valence-corrected chi connectivity index (χ3v) is 4.50. The van der Waals surface area contributed by atoms with Gasteiger partial charge in [0, 0.05) is 15.4 Å². The number of hydrogen-bond donors (Lipinski definition) is 2. The van der Waals surface area contributed by atoms with Crippen molar-refractivity contribution in [2.45, 2.75) is 0 Å². The van der Waals surface area contributed by atoms with E-state index in [2.05, 4.69) is 26.5 Å². The monoisotopic (exact) mass is 408 g/mol. The molecule has 5 nitrogen and oxygen atoms in total. The summed E-state index contributed by atoms with van der Waals surface area (Å²) in [5, 5.41) is 16.6. The zero-order valence-corrected chi connectivity index (χ0v) is 15.0. The zero-order valence-electron chi connectivity index (χ0n) is 13.4. The van der Waals surface area contributed by atoms with Gasteiger partial charge in [-0.2, -0.15) is 5.10 Å². The molecule has 26 heavy (non-hydrogen) atoms. The molecule has 4 rings (SSSR count). The highest BCUT2D eigenvalue weighted by molar-refractivity contribution is 9.10. The third kappa shape index (κ3) is 3.07. The molecule has 0 aliphatic heterocycles. The fourth-order valence-corrected chi connectivity index (χ4v) is 3.13. The van der Waals surface area contributed by atoms with E-state index < -0.39 is 5.91 Å². The van der Waals surface area contributed by atoms with Gasteiger partial charge in [0.05, 0.1) is 6.21 Å². The summed E-state index contributed by atoms with van der Waals surface area (Å²) in [6, 6.07) is 18.4. The summed E-state index contributed by atoms with van der Waals surface area (Å²) in [6.45, 7) is 0. The quantitative estimate of drug-likeness (QED) is 0.377. The Hall–Kier alpha value is -3.12. The van der Waals surface area contributed by atoms with Crippen molar-refractivity contribution in [3.63, 3.8) is 0 Å². The lowest BCUT2D eigenvalue weighted by Gasteiger charge is -1.99. The number of aromatic hydroxyl groups is 1. The molecular weight excluding hydrogens is 396 g/mol. The lowest BCUT2D eigenvalue weighted by atomic mass is 10.1. The molecular formula is C20H13BrN2O3. The number of hydrazone groups is 1. The van der Waals surface area contributed by atoms with Crippen molar-refractivity contribution in [3.05, 3.63) is 76.5 Å². The minimum absolute atomic E-state index is 0.0707. The Labute approximate surface area is 157 Å². The van der Waals surface area contributed by atoms with Gasteiger partial charge in [-0.1, -0.05) is 46.3 Å². The van der Waals surface area contributed by atoms with E-state index >= 15 is 0 Å². The van der Waals surface area contributed by atoms with Crippen molar-refractivity contribution in [3.8, 4) is 5.75 Å².